The Hall–Kier alpha value is -2.05. The van der Waals surface area contributed by atoms with Crippen molar-refractivity contribution in [3.05, 3.63) is 35.9 Å². The van der Waals surface area contributed by atoms with E-state index in [1.54, 1.807) is 0 Å². The zero-order chi connectivity index (χ0) is 16.4. The van der Waals surface area contributed by atoms with Crippen LogP contribution in [0, 0.1) is 5.92 Å². The number of alkyl carbamates (subject to hydrolysis) is 1. The Kier molecular flexibility index (Phi) is 7.42. The Labute approximate surface area is 126 Å². The van der Waals surface area contributed by atoms with E-state index in [0.717, 1.165) is 5.56 Å². The summed E-state index contributed by atoms with van der Waals surface area (Å²) in [6, 6.07) is 9.10. The molecule has 1 amide bonds. The van der Waals surface area contributed by atoms with Crippen LogP contribution in [0.2, 0.25) is 0 Å². The Morgan fingerprint density at radius 1 is 1.23 bits per heavy atom. The molecule has 1 aromatic rings. The third-order valence-electron chi connectivity index (χ3n) is 3.01. The maximum Gasteiger partial charge on any atom is 0.407 e. The van der Waals surface area contributed by atoms with Crippen LogP contribution in [-0.4, -0.2) is 25.1 Å². The molecule has 0 aromatic heterocycles. The van der Waals surface area contributed by atoms with Crippen molar-refractivity contribution >= 4 is 12.4 Å². The lowest BCUT2D eigenvalue weighted by molar-refractivity contribution is -0.175. The molecule has 0 aliphatic heterocycles. The van der Waals surface area contributed by atoms with Crippen molar-refractivity contribution in [2.45, 2.75) is 32.0 Å². The Morgan fingerprint density at radius 3 is 2.50 bits per heavy atom. The fourth-order valence-corrected chi connectivity index (χ4v) is 1.76. The number of hydrogen-bond donors (Lipinski definition) is 1. The van der Waals surface area contributed by atoms with Crippen molar-refractivity contribution in [1.82, 2.24) is 5.32 Å². The normalized spacial score (nSPS) is 12.5. The zero-order valence-electron chi connectivity index (χ0n) is 11.9. The van der Waals surface area contributed by atoms with Crippen LogP contribution in [0.5, 0.6) is 0 Å². The molecule has 0 spiro atoms. The van der Waals surface area contributed by atoms with Crippen molar-refractivity contribution < 1.29 is 27.5 Å². The van der Waals surface area contributed by atoms with Crippen LogP contribution in [0.1, 0.15) is 24.8 Å². The number of ether oxygens (including phenoxy) is 1. The van der Waals surface area contributed by atoms with Crippen molar-refractivity contribution in [2.75, 3.05) is 6.54 Å². The van der Waals surface area contributed by atoms with E-state index >= 15 is 0 Å². The molecule has 0 bridgehead atoms. The fourth-order valence-electron chi connectivity index (χ4n) is 1.76. The summed E-state index contributed by atoms with van der Waals surface area (Å²) in [5.41, 5.74) is 0.844. The summed E-state index contributed by atoms with van der Waals surface area (Å²) in [6.45, 7) is 0.338. The number of aldehydes is 1. The lowest BCUT2D eigenvalue weighted by atomic mass is 10.0. The Balaban J connectivity index is 2.11. The number of carbonyl (C=O) groups excluding carboxylic acids is 2. The molecule has 0 heterocycles. The SMILES string of the molecule is O=C[C@H](CCCCNC(=O)OCc1ccccc1)C(F)(F)F. The van der Waals surface area contributed by atoms with Gasteiger partial charge in [-0.2, -0.15) is 13.2 Å². The van der Waals surface area contributed by atoms with E-state index in [9.17, 15) is 22.8 Å². The van der Waals surface area contributed by atoms with E-state index in [1.807, 2.05) is 30.3 Å². The number of nitrogens with one attached hydrogen (secondary N) is 1. The molecule has 1 aromatic carbocycles. The maximum absolute atomic E-state index is 12.3. The average Bonchev–Trinajstić information content (AvgIpc) is 2.48. The van der Waals surface area contributed by atoms with Crippen molar-refractivity contribution in [3.8, 4) is 0 Å². The smallest absolute Gasteiger partial charge is 0.407 e. The van der Waals surface area contributed by atoms with Gasteiger partial charge in [0.05, 0.1) is 0 Å². The predicted molar refractivity (Wildman–Crippen MR) is 74.1 cm³/mol. The Morgan fingerprint density at radius 2 is 1.91 bits per heavy atom. The molecule has 1 rings (SSSR count). The monoisotopic (exact) mass is 317 g/mol. The van der Waals surface area contributed by atoms with Crippen LogP contribution in [0.3, 0.4) is 0 Å². The van der Waals surface area contributed by atoms with Gasteiger partial charge in [-0.05, 0) is 18.4 Å². The maximum atomic E-state index is 12.3. The first-order chi connectivity index (χ1) is 10.4. The second-order valence-electron chi connectivity index (χ2n) is 4.77. The second-order valence-corrected chi connectivity index (χ2v) is 4.77. The van der Waals surface area contributed by atoms with E-state index in [-0.39, 0.29) is 32.3 Å². The summed E-state index contributed by atoms with van der Waals surface area (Å²) in [5.74, 6) is -1.93. The number of amides is 1. The highest BCUT2D eigenvalue weighted by molar-refractivity contribution is 5.67. The lowest BCUT2D eigenvalue weighted by Crippen LogP contribution is -2.26. The molecule has 0 saturated carbocycles. The van der Waals surface area contributed by atoms with Gasteiger partial charge in [-0.25, -0.2) is 4.79 Å². The third-order valence-corrected chi connectivity index (χ3v) is 3.01. The second kappa shape index (κ2) is 9.07. The molecule has 0 saturated heterocycles. The average molecular weight is 317 g/mol. The fraction of sp³-hybridized carbons (Fsp3) is 0.467. The van der Waals surface area contributed by atoms with Crippen molar-refractivity contribution in [2.24, 2.45) is 5.92 Å². The number of hydrogen-bond acceptors (Lipinski definition) is 3. The van der Waals surface area contributed by atoms with Crippen LogP contribution >= 0.6 is 0 Å². The van der Waals surface area contributed by atoms with Gasteiger partial charge in [0, 0.05) is 6.54 Å². The predicted octanol–water partition coefficient (Wildman–Crippen LogP) is 3.46. The van der Waals surface area contributed by atoms with Crippen LogP contribution < -0.4 is 5.32 Å². The molecule has 0 aliphatic carbocycles. The number of unbranched alkanes of at least 4 members (excludes halogenated alkanes) is 1. The number of halogens is 3. The van der Waals surface area contributed by atoms with Crippen LogP contribution in [0.4, 0.5) is 18.0 Å². The summed E-state index contributed by atoms with van der Waals surface area (Å²) in [4.78, 5) is 21.7. The standard InChI is InChI=1S/C15H18F3NO3/c16-15(17,18)13(10-20)8-4-5-9-19-14(21)22-11-12-6-2-1-3-7-12/h1-3,6-7,10,13H,4-5,8-9,11H2,(H,19,21)/t13-/m0/s1. The molecule has 7 heteroatoms. The first-order valence-corrected chi connectivity index (χ1v) is 6.90. The zero-order valence-corrected chi connectivity index (χ0v) is 11.9. The van der Waals surface area contributed by atoms with Gasteiger partial charge < -0.3 is 14.8 Å². The molecule has 0 radical (unpaired) electrons. The first kappa shape index (κ1) is 18.0. The van der Waals surface area contributed by atoms with Gasteiger partial charge in [-0.3, -0.25) is 0 Å². The topological polar surface area (TPSA) is 55.4 Å². The van der Waals surface area contributed by atoms with E-state index in [2.05, 4.69) is 5.32 Å². The van der Waals surface area contributed by atoms with Gasteiger partial charge in [0.15, 0.2) is 0 Å². The first-order valence-electron chi connectivity index (χ1n) is 6.90. The van der Waals surface area contributed by atoms with E-state index in [0.29, 0.717) is 6.42 Å². The molecular formula is C15H18F3NO3. The third kappa shape index (κ3) is 7.10. The quantitative estimate of drug-likeness (QED) is 0.590. The molecule has 0 aliphatic rings. The summed E-state index contributed by atoms with van der Waals surface area (Å²) in [7, 11) is 0. The molecule has 0 unspecified atom stereocenters. The van der Waals surface area contributed by atoms with Crippen molar-refractivity contribution in [1.29, 1.82) is 0 Å². The Bertz CT molecular complexity index is 463. The van der Waals surface area contributed by atoms with Gasteiger partial charge in [-0.15, -0.1) is 0 Å². The summed E-state index contributed by atoms with van der Waals surface area (Å²) < 4.78 is 41.8. The number of rotatable bonds is 8. The minimum absolute atomic E-state index is 0.0818. The van der Waals surface area contributed by atoms with E-state index < -0.39 is 18.2 Å². The molecule has 4 nitrogen and oxygen atoms in total. The van der Waals surface area contributed by atoms with Gasteiger partial charge >= 0.3 is 12.3 Å². The van der Waals surface area contributed by atoms with E-state index in [1.165, 1.54) is 0 Å². The minimum atomic E-state index is -4.50. The minimum Gasteiger partial charge on any atom is -0.445 e. The van der Waals surface area contributed by atoms with Crippen LogP contribution in [0.25, 0.3) is 0 Å². The van der Waals surface area contributed by atoms with Gasteiger partial charge in [0.1, 0.15) is 18.8 Å². The van der Waals surface area contributed by atoms with E-state index in [4.69, 9.17) is 4.74 Å². The van der Waals surface area contributed by atoms with Crippen molar-refractivity contribution in [3.63, 3.8) is 0 Å². The van der Waals surface area contributed by atoms with Gasteiger partial charge in [0.2, 0.25) is 0 Å². The summed E-state index contributed by atoms with van der Waals surface area (Å²) in [6.07, 6.45) is -4.92. The molecule has 1 N–H and O–H groups in total. The van der Waals surface area contributed by atoms with Gasteiger partial charge in [0.25, 0.3) is 0 Å². The number of alkyl halides is 3. The molecule has 1 atom stereocenters. The molecular weight excluding hydrogens is 299 g/mol. The largest absolute Gasteiger partial charge is 0.445 e. The summed E-state index contributed by atoms with van der Waals surface area (Å²) in [5, 5.41) is 2.45. The van der Waals surface area contributed by atoms with Crippen LogP contribution in [-0.2, 0) is 16.1 Å². The number of benzene rings is 1. The summed E-state index contributed by atoms with van der Waals surface area (Å²) >= 11 is 0. The van der Waals surface area contributed by atoms with Gasteiger partial charge in [-0.1, -0.05) is 36.8 Å². The molecule has 22 heavy (non-hydrogen) atoms. The highest BCUT2D eigenvalue weighted by atomic mass is 19.4. The highest BCUT2D eigenvalue weighted by Crippen LogP contribution is 2.28. The molecule has 0 fully saturated rings. The lowest BCUT2D eigenvalue weighted by Gasteiger charge is -2.13. The number of carbonyl (C=O) groups is 2. The molecule has 122 valence electrons. The highest BCUT2D eigenvalue weighted by Gasteiger charge is 2.38. The van der Waals surface area contributed by atoms with Crippen LogP contribution in [0.15, 0.2) is 30.3 Å².